The summed E-state index contributed by atoms with van der Waals surface area (Å²) in [7, 11) is 0. The number of rotatable bonds is 7. The zero-order valence-electron chi connectivity index (χ0n) is 22.3. The number of aliphatic hydroxyl groups is 1. The quantitative estimate of drug-likeness (QED) is 0.195. The molecule has 3 aliphatic rings. The molecule has 1 unspecified atom stereocenters. The number of fused-ring (bicyclic) bond motifs is 2. The van der Waals surface area contributed by atoms with Crippen molar-refractivity contribution in [1.29, 1.82) is 0 Å². The van der Waals surface area contributed by atoms with Crippen LogP contribution in [0.2, 0.25) is 5.02 Å². The van der Waals surface area contributed by atoms with E-state index in [4.69, 9.17) is 41.3 Å². The van der Waals surface area contributed by atoms with Crippen LogP contribution in [0.3, 0.4) is 0 Å². The summed E-state index contributed by atoms with van der Waals surface area (Å²) >= 11 is 6.85. The van der Waals surface area contributed by atoms with Crippen LogP contribution in [0.25, 0.3) is 33.5 Å². The van der Waals surface area contributed by atoms with Gasteiger partial charge < -0.3 is 24.3 Å². The maximum absolute atomic E-state index is 9.97. The Bertz CT molecular complexity index is 1530. The number of nitrogens with two attached hydrogens (primary N) is 1. The second kappa shape index (κ2) is 11.3. The molecule has 5 heterocycles. The van der Waals surface area contributed by atoms with E-state index in [1.54, 1.807) is 6.07 Å². The number of aromatic amines is 1. The summed E-state index contributed by atoms with van der Waals surface area (Å²) in [5.41, 5.74) is 11.2. The molecule has 216 valence electrons. The molecule has 0 spiro atoms. The van der Waals surface area contributed by atoms with Gasteiger partial charge in [0, 0.05) is 6.42 Å². The van der Waals surface area contributed by atoms with E-state index in [0.717, 1.165) is 33.3 Å². The first-order valence-electron chi connectivity index (χ1n) is 13.8. The Morgan fingerprint density at radius 1 is 1.10 bits per heavy atom. The van der Waals surface area contributed by atoms with Gasteiger partial charge in [0.1, 0.15) is 12.2 Å². The van der Waals surface area contributed by atoms with Gasteiger partial charge in [0.2, 0.25) is 6.29 Å². The summed E-state index contributed by atoms with van der Waals surface area (Å²) in [5, 5.41) is 10.5. The molecule has 0 aliphatic carbocycles. The van der Waals surface area contributed by atoms with Gasteiger partial charge in [0.05, 0.1) is 28.9 Å². The molecule has 0 radical (unpaired) electrons. The van der Waals surface area contributed by atoms with Gasteiger partial charge in [-0.15, -0.1) is 0 Å². The van der Waals surface area contributed by atoms with Crippen LogP contribution in [0.4, 0.5) is 0 Å². The van der Waals surface area contributed by atoms with Crippen LogP contribution in [0.15, 0.2) is 54.6 Å². The van der Waals surface area contributed by atoms with Gasteiger partial charge in [-0.05, 0) is 6.07 Å². The first kappa shape index (κ1) is 27.4. The number of ether oxygens (including phenoxy) is 4. The fraction of sp³-hybridized carbons (Fsp3) is 0.400. The number of halogens is 2. The molecule has 4 aromatic rings. The van der Waals surface area contributed by atoms with Gasteiger partial charge in [0.25, 0.3) is 6.01 Å². The Morgan fingerprint density at radius 3 is 2.59 bits per heavy atom. The van der Waals surface area contributed by atoms with E-state index in [9.17, 15) is 5.11 Å². The van der Waals surface area contributed by atoms with E-state index in [-0.39, 0.29) is 51.6 Å². The SMILES string of the molecule is N[C@@]1(COc2ccc(-c3ccc(-c4nc5nc(OC6C[C@H]7OC[C@@H](O)[C@H]7O6)[nH]c5cc4Cl)cc3)cc2)CCC[I-]C1. The molecule has 3 saturated heterocycles. The summed E-state index contributed by atoms with van der Waals surface area (Å²) < 4.78 is 25.8. The topological polar surface area (TPSA) is 125 Å². The summed E-state index contributed by atoms with van der Waals surface area (Å²) in [6, 6.07) is 18.3. The molecule has 0 amide bonds. The summed E-state index contributed by atoms with van der Waals surface area (Å²) in [5.74, 6) is 0.846. The van der Waals surface area contributed by atoms with E-state index < -0.39 is 12.4 Å². The molecule has 3 aliphatic heterocycles. The fourth-order valence-corrected chi connectivity index (χ4v) is 8.79. The van der Waals surface area contributed by atoms with Crippen molar-refractivity contribution in [3.05, 3.63) is 59.6 Å². The molecule has 5 atom stereocenters. The number of alkyl halides is 2. The first-order valence-corrected chi connectivity index (χ1v) is 17.2. The predicted molar refractivity (Wildman–Crippen MR) is 151 cm³/mol. The van der Waals surface area contributed by atoms with Gasteiger partial charge in [-0.1, -0.05) is 11.6 Å². The van der Waals surface area contributed by atoms with Crippen molar-refractivity contribution in [3.63, 3.8) is 0 Å². The van der Waals surface area contributed by atoms with Crippen molar-refractivity contribution in [2.45, 2.75) is 49.4 Å². The van der Waals surface area contributed by atoms with E-state index in [1.165, 1.54) is 10.8 Å². The number of benzene rings is 2. The molecule has 9 nitrogen and oxygen atoms in total. The molecule has 3 fully saturated rings. The summed E-state index contributed by atoms with van der Waals surface area (Å²) in [6.07, 6.45) is 1.07. The van der Waals surface area contributed by atoms with Crippen molar-refractivity contribution in [2.24, 2.45) is 5.73 Å². The van der Waals surface area contributed by atoms with Gasteiger partial charge in [-0.3, -0.25) is 0 Å². The normalized spacial score (nSPS) is 27.9. The van der Waals surface area contributed by atoms with Gasteiger partial charge in [0.15, 0.2) is 5.65 Å². The van der Waals surface area contributed by atoms with Crippen LogP contribution in [0.1, 0.15) is 19.3 Å². The Morgan fingerprint density at radius 2 is 1.85 bits per heavy atom. The second-order valence-electron chi connectivity index (χ2n) is 10.9. The number of aliphatic hydroxyl groups excluding tert-OH is 1. The molecule has 2 aromatic heterocycles. The molecular formula is C30H31ClIN4O5-. The Kier molecular flexibility index (Phi) is 7.55. The van der Waals surface area contributed by atoms with Crippen LogP contribution in [-0.4, -0.2) is 72.3 Å². The van der Waals surface area contributed by atoms with Crippen LogP contribution in [0.5, 0.6) is 11.8 Å². The number of hydrogen-bond donors (Lipinski definition) is 3. The molecule has 11 heteroatoms. The van der Waals surface area contributed by atoms with Gasteiger partial charge in [-0.2, -0.15) is 4.98 Å². The molecule has 2 aromatic carbocycles. The minimum atomic E-state index is -0.636. The average Bonchev–Trinajstić information content (AvgIpc) is 3.67. The first-order chi connectivity index (χ1) is 19.9. The molecule has 7 rings (SSSR count). The van der Waals surface area contributed by atoms with Crippen molar-refractivity contribution >= 4 is 22.8 Å². The third-order valence-electron chi connectivity index (χ3n) is 7.78. The van der Waals surface area contributed by atoms with E-state index >= 15 is 0 Å². The Balaban J connectivity index is 1.02. The second-order valence-corrected chi connectivity index (χ2v) is 14.3. The van der Waals surface area contributed by atoms with Crippen molar-refractivity contribution in [1.82, 2.24) is 15.0 Å². The zero-order chi connectivity index (χ0) is 28.0. The molecule has 0 bridgehead atoms. The Labute approximate surface area is 253 Å². The monoisotopic (exact) mass is 689 g/mol. The van der Waals surface area contributed by atoms with Crippen molar-refractivity contribution < 1.29 is 45.3 Å². The number of nitrogens with one attached hydrogen (secondary N) is 1. The standard InChI is InChI=1S/C30H31ClIN4O5/c31-21-12-22-28(36-29(34-22)41-25-13-24-27(40-25)23(37)14-38-24)35-26(21)19-4-2-17(3-5-19)18-6-8-20(9-7-18)39-16-30(33)10-1-11-32-15-30/h2-9,12,23-25,27,37H,1,10-11,13-16,33H2,(H,34,35,36)/q-1/t23-,24-,25?,27-,30+/m1/s1. The van der Waals surface area contributed by atoms with Crippen molar-refractivity contribution in [3.8, 4) is 34.1 Å². The fourth-order valence-electron chi connectivity index (χ4n) is 5.55. The third-order valence-corrected chi connectivity index (χ3v) is 11.7. The van der Waals surface area contributed by atoms with Crippen molar-refractivity contribution in [2.75, 3.05) is 22.1 Å². The van der Waals surface area contributed by atoms with Crippen LogP contribution in [-0.2, 0) is 9.47 Å². The summed E-state index contributed by atoms with van der Waals surface area (Å²) in [4.78, 5) is 12.3. The number of nitrogens with zero attached hydrogens (tertiary/aromatic N) is 2. The molecule has 4 N–H and O–H groups in total. The van der Waals surface area contributed by atoms with E-state index in [1.807, 2.05) is 24.3 Å². The molecular weight excluding hydrogens is 659 g/mol. The average molecular weight is 690 g/mol. The summed E-state index contributed by atoms with van der Waals surface area (Å²) in [6.45, 7) is 0.869. The van der Waals surface area contributed by atoms with Crippen LogP contribution in [0, 0.1) is 0 Å². The molecule has 0 saturated carbocycles. The maximum atomic E-state index is 9.97. The number of hydrogen-bond acceptors (Lipinski definition) is 8. The van der Waals surface area contributed by atoms with Crippen LogP contribution >= 0.6 is 11.6 Å². The number of aromatic nitrogens is 3. The minimum absolute atomic E-state index is 0.160. The van der Waals surface area contributed by atoms with Gasteiger partial charge >= 0.3 is 136 Å². The third kappa shape index (κ3) is 5.78. The Hall–Kier alpha value is -2.48. The van der Waals surface area contributed by atoms with Crippen LogP contribution < -0.4 is 36.4 Å². The van der Waals surface area contributed by atoms with Gasteiger partial charge in [-0.25, -0.2) is 4.98 Å². The van der Waals surface area contributed by atoms with E-state index in [2.05, 4.69) is 34.2 Å². The number of pyridine rings is 1. The predicted octanol–water partition coefficient (Wildman–Crippen LogP) is 1.16. The molecule has 41 heavy (non-hydrogen) atoms. The van der Waals surface area contributed by atoms with E-state index in [0.29, 0.717) is 34.9 Å². The number of H-pyrrole nitrogens is 1. The number of imidazole rings is 1. The zero-order valence-corrected chi connectivity index (χ0v) is 25.2.